The molecule has 0 fully saturated rings. The van der Waals surface area contributed by atoms with Crippen LogP contribution in [0, 0.1) is 0 Å². The molecule has 0 aliphatic carbocycles. The van der Waals surface area contributed by atoms with Crippen LogP contribution >= 0.6 is 0 Å². The Morgan fingerprint density at radius 2 is 1.00 bits per heavy atom. The predicted octanol–water partition coefficient (Wildman–Crippen LogP) is -1.14. The van der Waals surface area contributed by atoms with Crippen molar-refractivity contribution in [2.24, 2.45) is 0 Å². The van der Waals surface area contributed by atoms with E-state index in [1.54, 1.807) is 0 Å². The number of rotatable bonds is 0. The molecule has 0 bridgehead atoms. The Labute approximate surface area is 80.8 Å². The van der Waals surface area contributed by atoms with Crippen molar-refractivity contribution in [2.45, 2.75) is 0 Å². The molecule has 4 heavy (non-hydrogen) atoms. The van der Waals surface area contributed by atoms with Gasteiger partial charge in [0.15, 0.2) is 0 Å². The molecule has 13 valence electrons. The zero-order chi connectivity index (χ0) is 0. The summed E-state index contributed by atoms with van der Waals surface area (Å²) in [6.07, 6.45) is 0. The summed E-state index contributed by atoms with van der Waals surface area (Å²) in [5, 5.41) is 0. The fraction of sp³-hybridized carbons (Fsp3) is 0. The van der Waals surface area contributed by atoms with Crippen molar-refractivity contribution in [2.75, 3.05) is 0 Å². The van der Waals surface area contributed by atoms with Gasteiger partial charge in [-0.1, -0.05) is 0 Å². The van der Waals surface area contributed by atoms with Crippen molar-refractivity contribution in [1.82, 2.24) is 0 Å². The van der Waals surface area contributed by atoms with Gasteiger partial charge in [0.05, 0.1) is 0 Å². The van der Waals surface area contributed by atoms with Crippen LogP contribution in [-0.2, 0) is 21.7 Å². The molecule has 0 heterocycles. The minimum atomic E-state index is 0. The molecule has 0 saturated heterocycles. The van der Waals surface area contributed by atoms with Crippen LogP contribution < -0.4 is 0 Å². The Morgan fingerprint density at radius 1 is 1.00 bits per heavy atom. The van der Waals surface area contributed by atoms with Gasteiger partial charge in [-0.25, -0.2) is 0 Å². The van der Waals surface area contributed by atoms with Crippen LogP contribution in [0.4, 0.5) is 0 Å². The normalized spacial score (nSPS) is 0. The molecular weight excluding hydrogens is 246 g/mol. The molecule has 0 aliphatic rings. The van der Waals surface area contributed by atoms with E-state index in [0.717, 1.165) is 0 Å². The molecule has 9 radical (unpaired) electrons. The second-order valence-electron chi connectivity index (χ2n) is 0. The molecule has 0 aromatic heterocycles. The molecule has 0 aliphatic heterocycles. The fourth-order valence-electron chi connectivity index (χ4n) is 0. The van der Waals surface area contributed by atoms with Crippen molar-refractivity contribution in [3.63, 3.8) is 0 Å². The first-order valence-electron chi connectivity index (χ1n) is 0. The van der Waals surface area contributed by atoms with Crippen LogP contribution in [0.1, 0.15) is 0 Å². The molecule has 4 heteroatoms. The summed E-state index contributed by atoms with van der Waals surface area (Å²) in [4.78, 5) is 0. The molecule has 0 spiro atoms. The first kappa shape index (κ1) is 30.2. The maximum absolute atomic E-state index is 0. The molecule has 0 nitrogen and oxygen atoms in total. The first-order valence-corrected chi connectivity index (χ1v) is 0. The Kier molecular flexibility index (Phi) is 131. The van der Waals surface area contributed by atoms with Gasteiger partial charge >= 0.3 is 0 Å². The van der Waals surface area contributed by atoms with Crippen molar-refractivity contribution in [3.05, 3.63) is 0 Å². The second kappa shape index (κ2) is 17.4. The van der Waals surface area contributed by atoms with Crippen LogP contribution in [0.25, 0.3) is 0 Å². The van der Waals surface area contributed by atoms with Gasteiger partial charge < -0.3 is 0 Å². The van der Waals surface area contributed by atoms with Crippen molar-refractivity contribution < 1.29 is 21.7 Å². The Balaban J connectivity index is 0. The third-order valence-electron chi connectivity index (χ3n) is 0. The van der Waals surface area contributed by atoms with E-state index in [9.17, 15) is 0 Å². The molecule has 0 aromatic rings. The van der Waals surface area contributed by atoms with Gasteiger partial charge in [0, 0.05) is 82.1 Å². The van der Waals surface area contributed by atoms with Gasteiger partial charge in [0.2, 0.25) is 0 Å². The van der Waals surface area contributed by atoms with E-state index < -0.39 is 0 Å². The largest absolute Gasteiger partial charge is 0 e. The van der Waals surface area contributed by atoms with Gasteiger partial charge in [0.1, 0.15) is 0 Å². The SMILES string of the molecule is [Ge].[Li].[Sn].[Ti]. The van der Waals surface area contributed by atoms with Crippen LogP contribution in [0.2, 0.25) is 0 Å². The zero-order valence-corrected chi connectivity index (χ0v) is 9.01. The third-order valence-corrected chi connectivity index (χ3v) is 0. The fourth-order valence-corrected chi connectivity index (χ4v) is 0. The molecule has 0 unspecified atom stereocenters. The quantitative estimate of drug-likeness (QED) is 0.474. The number of hydrogen-bond acceptors (Lipinski definition) is 0. The van der Waals surface area contributed by atoms with Crippen LogP contribution in [0.5, 0.6) is 0 Å². The maximum atomic E-state index is 0. The summed E-state index contributed by atoms with van der Waals surface area (Å²) in [5.74, 6) is 0. The van der Waals surface area contributed by atoms with Gasteiger partial charge in [-0.05, 0) is 0 Å². The topological polar surface area (TPSA) is 0 Å². The third kappa shape index (κ3) is 8.82. The van der Waals surface area contributed by atoms with Gasteiger partial charge in [-0.15, -0.1) is 0 Å². The van der Waals surface area contributed by atoms with Crippen molar-refractivity contribution >= 4 is 60.4 Å². The summed E-state index contributed by atoms with van der Waals surface area (Å²) in [6.45, 7) is 0. The molecule has 0 N–H and O–H groups in total. The monoisotopic (exact) mass is 249 g/mol. The smallest absolute Gasteiger partial charge is 0 e. The van der Waals surface area contributed by atoms with E-state index in [1.165, 1.54) is 0 Å². The molecule has 0 aromatic carbocycles. The number of hydrogen-bond donors (Lipinski definition) is 0. The van der Waals surface area contributed by atoms with Crippen LogP contribution in [0.15, 0.2) is 0 Å². The minimum absolute atomic E-state index is 0. The first-order chi connectivity index (χ1) is 0. The summed E-state index contributed by atoms with van der Waals surface area (Å²) in [6, 6.07) is 0. The van der Waals surface area contributed by atoms with Gasteiger partial charge in [-0.3, -0.25) is 0 Å². The molecule has 0 rings (SSSR count). The molecule has 0 atom stereocenters. The van der Waals surface area contributed by atoms with Gasteiger partial charge in [0.25, 0.3) is 0 Å². The molecular formula is GeLiSnTi. The minimum Gasteiger partial charge on any atom is 0 e. The second-order valence-corrected chi connectivity index (χ2v) is 0. The van der Waals surface area contributed by atoms with Gasteiger partial charge in [-0.2, -0.15) is 0 Å². The average Bonchev–Trinajstić information content (AvgIpc) is 0. The van der Waals surface area contributed by atoms with E-state index in [4.69, 9.17) is 0 Å². The van der Waals surface area contributed by atoms with E-state index in [1.807, 2.05) is 0 Å². The van der Waals surface area contributed by atoms with E-state index in [-0.39, 0.29) is 82.1 Å². The Bertz CT molecular complexity index is 8.00. The molecule has 0 amide bonds. The maximum Gasteiger partial charge on any atom is 0 e. The van der Waals surface area contributed by atoms with E-state index in [0.29, 0.717) is 0 Å². The zero-order valence-electron chi connectivity index (χ0n) is 2.50. The Morgan fingerprint density at radius 3 is 1.00 bits per heavy atom. The summed E-state index contributed by atoms with van der Waals surface area (Å²) in [5.41, 5.74) is 0. The van der Waals surface area contributed by atoms with E-state index in [2.05, 4.69) is 0 Å². The Hall–Kier alpha value is 2.65. The van der Waals surface area contributed by atoms with E-state index >= 15 is 0 Å². The summed E-state index contributed by atoms with van der Waals surface area (Å²) < 4.78 is 0. The summed E-state index contributed by atoms with van der Waals surface area (Å²) in [7, 11) is 0. The van der Waals surface area contributed by atoms with Crippen molar-refractivity contribution in [3.8, 4) is 0 Å². The van der Waals surface area contributed by atoms with Crippen LogP contribution in [-0.4, -0.2) is 60.4 Å². The average molecular weight is 246 g/mol. The van der Waals surface area contributed by atoms with Crippen LogP contribution in [0.3, 0.4) is 0 Å². The predicted molar refractivity (Wildman–Crippen MR) is 17.3 cm³/mol. The van der Waals surface area contributed by atoms with Crippen molar-refractivity contribution in [1.29, 1.82) is 0 Å². The summed E-state index contributed by atoms with van der Waals surface area (Å²) >= 11 is 0. The molecule has 0 saturated carbocycles. The standard InChI is InChI=1S/Ge.Li.Sn.Ti.